The van der Waals surface area contributed by atoms with Crippen molar-refractivity contribution in [3.63, 3.8) is 0 Å². The number of aromatic nitrogens is 3. The van der Waals surface area contributed by atoms with E-state index < -0.39 is 68.7 Å². The lowest BCUT2D eigenvalue weighted by atomic mass is 9.94. The number of hydrogen-bond donors (Lipinski definition) is 8. The first-order valence-electron chi connectivity index (χ1n) is 30.7. The van der Waals surface area contributed by atoms with Crippen LogP contribution in [0.15, 0.2) is 89.4 Å². The third-order valence-electron chi connectivity index (χ3n) is 15.3. The fourth-order valence-corrected chi connectivity index (χ4v) is 13.8. The summed E-state index contributed by atoms with van der Waals surface area (Å²) in [6.07, 6.45) is 13.0. The number of nitrogens with two attached hydrogens (primary N) is 2. The first kappa shape index (κ1) is 74.8. The van der Waals surface area contributed by atoms with Gasteiger partial charge in [-0.1, -0.05) is 47.6 Å². The largest absolute Gasteiger partial charge is 0.507 e. The van der Waals surface area contributed by atoms with Gasteiger partial charge < -0.3 is 45.0 Å². The molecule has 31 heteroatoms. The number of carbonyl (C=O) groups excluding carboxylic acids is 2. The summed E-state index contributed by atoms with van der Waals surface area (Å²) < 4.78 is 116. The van der Waals surface area contributed by atoms with Crippen LogP contribution in [0.5, 0.6) is 17.2 Å². The van der Waals surface area contributed by atoms with Gasteiger partial charge in [-0.05, 0) is 157 Å². The molecule has 3 aliphatic rings. The zero-order chi connectivity index (χ0) is 69.9. The third kappa shape index (κ3) is 18.8. The summed E-state index contributed by atoms with van der Waals surface area (Å²) in [6.45, 7) is 17.3. The summed E-state index contributed by atoms with van der Waals surface area (Å²) >= 11 is 0. The van der Waals surface area contributed by atoms with E-state index in [4.69, 9.17) is 20.3 Å². The molecule has 3 aliphatic heterocycles. The minimum Gasteiger partial charge on any atom is -0.507 e. The van der Waals surface area contributed by atoms with Crippen LogP contribution >= 0.6 is 0 Å². The maximum absolute atomic E-state index is 13.4. The number of nitrogen functional groups attached to an aromatic ring is 1. The first-order chi connectivity index (χ1) is 43.9. The molecule has 0 aliphatic carbocycles. The minimum atomic E-state index is -4.28. The fourth-order valence-electron chi connectivity index (χ4n) is 10.8. The number of rotatable bonds is 19. The minimum absolute atomic E-state index is 0.0402. The van der Waals surface area contributed by atoms with Gasteiger partial charge in [0.1, 0.15) is 32.6 Å². The molecule has 0 bridgehead atoms. The number of amidine groups is 1. The monoisotopic (exact) mass is 1380 g/mol. The van der Waals surface area contributed by atoms with Crippen LogP contribution in [0.2, 0.25) is 0 Å². The highest BCUT2D eigenvalue weighted by Crippen LogP contribution is 2.36. The van der Waals surface area contributed by atoms with E-state index in [1.54, 1.807) is 47.4 Å². The van der Waals surface area contributed by atoms with Crippen molar-refractivity contribution in [2.75, 3.05) is 46.2 Å². The Morgan fingerprint density at radius 2 is 1.12 bits per heavy atom. The quantitative estimate of drug-likeness (QED) is 0.0295. The zero-order valence-electron chi connectivity index (χ0n) is 54.4. The van der Waals surface area contributed by atoms with Gasteiger partial charge in [-0.25, -0.2) is 40.0 Å². The molecule has 0 spiro atoms. The smallest absolute Gasteiger partial charge is 0.347 e. The van der Waals surface area contributed by atoms with Crippen molar-refractivity contribution in [2.45, 2.75) is 155 Å². The molecule has 0 saturated heterocycles. The average molecular weight is 1380 g/mol. The van der Waals surface area contributed by atoms with Gasteiger partial charge in [0, 0.05) is 58.7 Å². The molecule has 9 rings (SSSR count). The number of hydrogen-bond acceptors (Lipinski definition) is 20. The molecule has 0 fully saturated rings. The Kier molecular flexibility index (Phi) is 24.9. The van der Waals surface area contributed by atoms with Crippen molar-refractivity contribution in [2.24, 2.45) is 27.3 Å². The lowest BCUT2D eigenvalue weighted by Crippen LogP contribution is -2.36. The lowest BCUT2D eigenvalue weighted by Gasteiger charge is -2.26. The standard InChI is InChI=1S/C22H28N4O6S2.C17H25NO4.C17H21NO4.C7H11N3O4S2/c1-13(2)7-9-15-17-6-4-5-11-26(17)22(28)19(20(15)27)21-23-16-10-8-14(24-33(3,29)30)12-18(16)34(31,32)25-21;2*1-4-22-17(21)14-15(19)12(9-8-11(2)3)13-7-5-6-10-18(13)16(14)20;1-15(11,12)10-5-2-3-6(8)7(4-5)16(9,13)14/h8,10,12-13,24,27H,4-7,9,11H2,1-3H3,(H,23,25);11,19H,4-10H2,1-3H3;5-7,10-11,19H,4,8-9H2,1-3H3;2-4,10H,8H2,1H3,(H2,9,13,14). The van der Waals surface area contributed by atoms with E-state index in [1.165, 1.54) is 28.7 Å². The second-order valence-corrected chi connectivity index (χ2v) is 30.7. The van der Waals surface area contributed by atoms with E-state index in [0.29, 0.717) is 73.2 Å². The molecule has 6 aromatic rings. The molecular weight excluding hydrogens is 1300 g/mol. The number of carbonyl (C=O) groups is 2. The maximum atomic E-state index is 13.4. The second kappa shape index (κ2) is 31.3. The van der Waals surface area contributed by atoms with E-state index in [0.717, 1.165) is 93.0 Å². The molecule has 7 heterocycles. The van der Waals surface area contributed by atoms with E-state index >= 15 is 0 Å². The van der Waals surface area contributed by atoms with Crippen molar-refractivity contribution in [3.8, 4) is 17.2 Å². The van der Waals surface area contributed by atoms with Crippen LogP contribution in [0.3, 0.4) is 0 Å². The normalized spacial score (nSPS) is 14.1. The highest BCUT2D eigenvalue weighted by Gasteiger charge is 2.33. The Balaban J connectivity index is 0.000000207. The SMILES string of the molecule is CC(C)CCc1c(O)c(C2=NS(=O)(=O)c3cc(NS(C)(=O)=O)ccc3N2)c(=O)n2c1CCCC2.CCOC(=O)c1c(O)c(CCC(C)C)c2ccccn2c1=O.CCOC(=O)c1c(O)c(CCC(C)C)c2n(c1=O)CCCC2.CS(=O)(=O)Nc1ccc(N)c(S(N)(=O)=O)c1. The number of anilines is 4. The van der Waals surface area contributed by atoms with E-state index in [2.05, 4.69) is 60.7 Å². The summed E-state index contributed by atoms with van der Waals surface area (Å²) in [7, 11) is -15.3. The number of pyridine rings is 4. The van der Waals surface area contributed by atoms with Crippen LogP contribution < -0.4 is 42.3 Å². The number of aromatic hydroxyl groups is 3. The molecule has 514 valence electrons. The van der Waals surface area contributed by atoms with Gasteiger partial charge in [-0.3, -0.25) is 28.2 Å². The number of ether oxygens (including phenoxy) is 2. The van der Waals surface area contributed by atoms with Gasteiger partial charge in [0.2, 0.25) is 30.1 Å². The van der Waals surface area contributed by atoms with Crippen LogP contribution in [0.1, 0.15) is 155 Å². The van der Waals surface area contributed by atoms with Crippen LogP contribution in [0, 0.1) is 17.8 Å². The molecule has 27 nitrogen and oxygen atoms in total. The summed E-state index contributed by atoms with van der Waals surface area (Å²) in [4.78, 5) is 61.9. The van der Waals surface area contributed by atoms with Crippen LogP contribution in [0.25, 0.3) is 5.52 Å². The molecular formula is C63H85N9O18S4. The number of aryl methyl sites for hydroxylation is 1. The highest BCUT2D eigenvalue weighted by atomic mass is 32.2. The van der Waals surface area contributed by atoms with Crippen LogP contribution in [0.4, 0.5) is 22.7 Å². The number of nitrogens with one attached hydrogen (secondary N) is 3. The molecule has 4 aromatic heterocycles. The number of benzene rings is 2. The molecule has 2 aromatic carbocycles. The summed E-state index contributed by atoms with van der Waals surface area (Å²) in [6, 6.07) is 12.9. The van der Waals surface area contributed by atoms with Gasteiger partial charge in [0.05, 0.1) is 42.6 Å². The number of primary sulfonamides is 1. The first-order valence-corrected chi connectivity index (χ1v) is 37.5. The van der Waals surface area contributed by atoms with Crippen molar-refractivity contribution < 1.29 is 68.1 Å². The Bertz CT molecular complexity index is 4540. The predicted octanol–water partition coefficient (Wildman–Crippen LogP) is 7.12. The number of sulfonamides is 4. The van der Waals surface area contributed by atoms with Crippen LogP contribution in [-0.2, 0) is 94.8 Å². The molecule has 0 saturated carbocycles. The van der Waals surface area contributed by atoms with Crippen molar-refractivity contribution in [1.82, 2.24) is 13.5 Å². The summed E-state index contributed by atoms with van der Waals surface area (Å²) in [5.41, 5.74) is 7.86. The summed E-state index contributed by atoms with van der Waals surface area (Å²) in [5.74, 6) is -1.10. The Labute approximate surface area is 547 Å². The topological polar surface area (TPSA) is 416 Å². The Morgan fingerprint density at radius 3 is 1.62 bits per heavy atom. The fraction of sp³-hybridized carbons (Fsp3) is 0.460. The number of esters is 2. The molecule has 94 heavy (non-hydrogen) atoms. The van der Waals surface area contributed by atoms with Gasteiger partial charge in [-0.15, -0.1) is 4.40 Å². The van der Waals surface area contributed by atoms with E-state index in [1.807, 2.05) is 0 Å². The summed E-state index contributed by atoms with van der Waals surface area (Å²) in [5, 5.41) is 39.9. The molecule has 10 N–H and O–H groups in total. The average Bonchev–Trinajstić information content (AvgIpc) is 0.757. The van der Waals surface area contributed by atoms with Gasteiger partial charge in [0.25, 0.3) is 26.7 Å². The van der Waals surface area contributed by atoms with E-state index in [-0.39, 0.29) is 85.5 Å². The van der Waals surface area contributed by atoms with E-state index in [9.17, 15) is 73.0 Å². The van der Waals surface area contributed by atoms with Crippen LogP contribution in [-0.4, -0.2) is 106 Å². The Hall–Kier alpha value is -8.26. The molecule has 0 amide bonds. The molecule has 0 radical (unpaired) electrons. The van der Waals surface area contributed by atoms with Gasteiger partial charge >= 0.3 is 11.9 Å². The van der Waals surface area contributed by atoms with Crippen molar-refractivity contribution >= 4 is 86.1 Å². The van der Waals surface area contributed by atoms with Crippen molar-refractivity contribution in [1.29, 1.82) is 0 Å². The second-order valence-electron chi connectivity index (χ2n) is 24.1. The van der Waals surface area contributed by atoms with Gasteiger partial charge in [0.15, 0.2) is 17.0 Å². The highest BCUT2D eigenvalue weighted by molar-refractivity contribution is 7.92. The maximum Gasteiger partial charge on any atom is 0.347 e. The lowest BCUT2D eigenvalue weighted by molar-refractivity contribution is 0.0509. The number of fused-ring (bicyclic) bond motifs is 4. The van der Waals surface area contributed by atoms with Gasteiger partial charge in [-0.2, -0.15) is 8.42 Å². The van der Waals surface area contributed by atoms with Crippen molar-refractivity contribution in [3.05, 3.63) is 137 Å². The predicted molar refractivity (Wildman–Crippen MR) is 360 cm³/mol. The Morgan fingerprint density at radius 1 is 0.649 bits per heavy atom. The number of nitrogens with zero attached hydrogens (tertiary/aromatic N) is 4. The third-order valence-corrected chi connectivity index (χ3v) is 18.8. The molecule has 0 unspecified atom stereocenters. The molecule has 0 atom stereocenters. The zero-order valence-corrected chi connectivity index (χ0v) is 57.6.